The highest BCUT2D eigenvalue weighted by atomic mass is 35.5. The Labute approximate surface area is 100 Å². The molecule has 0 atom stereocenters. The molecule has 0 aliphatic heterocycles. The average Bonchev–Trinajstić information content (AvgIpc) is 2.62. The number of aromatic hydroxyl groups is 1. The standard InChI is InChI=1S/C6H6O.C4H4S.2ClH/c7-6-4-2-1-3-5-6;1-2-4-5-3-1;;/h1-5,7H;1-4H;2*1H. The average molecular weight is 251 g/mol. The van der Waals surface area contributed by atoms with Crippen molar-refractivity contribution in [1.82, 2.24) is 0 Å². The fourth-order valence-corrected chi connectivity index (χ4v) is 1.11. The summed E-state index contributed by atoms with van der Waals surface area (Å²) in [5.41, 5.74) is 0. The molecule has 0 unspecified atom stereocenters. The zero-order valence-corrected chi connectivity index (χ0v) is 9.82. The number of hydrogen-bond donors (Lipinski definition) is 1. The molecule has 0 fully saturated rings. The van der Waals surface area contributed by atoms with Gasteiger partial charge in [-0.2, -0.15) is 11.3 Å². The van der Waals surface area contributed by atoms with Gasteiger partial charge in [0.25, 0.3) is 0 Å². The van der Waals surface area contributed by atoms with Gasteiger partial charge in [-0.25, -0.2) is 0 Å². The van der Waals surface area contributed by atoms with Gasteiger partial charge >= 0.3 is 0 Å². The van der Waals surface area contributed by atoms with Crippen molar-refractivity contribution in [3.63, 3.8) is 0 Å². The minimum atomic E-state index is 0. The normalized spacial score (nSPS) is 7.14. The molecule has 4 heteroatoms. The lowest BCUT2D eigenvalue weighted by atomic mass is 10.3. The van der Waals surface area contributed by atoms with Gasteiger partial charge in [-0.05, 0) is 22.9 Å². The van der Waals surface area contributed by atoms with Crippen LogP contribution in [0.4, 0.5) is 0 Å². The van der Waals surface area contributed by atoms with E-state index in [4.69, 9.17) is 5.11 Å². The molecule has 78 valence electrons. The molecule has 1 heterocycles. The summed E-state index contributed by atoms with van der Waals surface area (Å²) in [5.74, 6) is 0.322. The van der Waals surface area contributed by atoms with Crippen molar-refractivity contribution < 1.29 is 5.11 Å². The van der Waals surface area contributed by atoms with Crippen LogP contribution in [0.1, 0.15) is 0 Å². The minimum absolute atomic E-state index is 0. The van der Waals surface area contributed by atoms with Crippen molar-refractivity contribution in [2.24, 2.45) is 0 Å². The highest BCUT2D eigenvalue weighted by Crippen LogP contribution is 2.02. The van der Waals surface area contributed by atoms with E-state index in [0.717, 1.165) is 0 Å². The Kier molecular flexibility index (Phi) is 11.7. The molecular formula is C10H12Cl2OS. The topological polar surface area (TPSA) is 20.2 Å². The molecule has 0 bridgehead atoms. The lowest BCUT2D eigenvalue weighted by molar-refractivity contribution is 0.475. The van der Waals surface area contributed by atoms with Gasteiger partial charge in [-0.15, -0.1) is 24.8 Å². The van der Waals surface area contributed by atoms with Gasteiger partial charge in [-0.1, -0.05) is 30.3 Å². The van der Waals surface area contributed by atoms with Crippen LogP contribution >= 0.6 is 36.2 Å². The van der Waals surface area contributed by atoms with E-state index >= 15 is 0 Å². The van der Waals surface area contributed by atoms with Crippen LogP contribution in [-0.2, 0) is 0 Å². The van der Waals surface area contributed by atoms with E-state index in [0.29, 0.717) is 5.75 Å². The predicted molar refractivity (Wildman–Crippen MR) is 66.9 cm³/mol. The Bertz CT molecular complexity index is 267. The number of phenols is 1. The zero-order valence-electron chi connectivity index (χ0n) is 7.37. The fourth-order valence-electron chi connectivity index (χ4n) is 0.655. The van der Waals surface area contributed by atoms with Gasteiger partial charge in [0.2, 0.25) is 0 Å². The summed E-state index contributed by atoms with van der Waals surface area (Å²) >= 11 is 1.71. The predicted octanol–water partition coefficient (Wildman–Crippen LogP) is 3.98. The van der Waals surface area contributed by atoms with Crippen LogP contribution in [-0.4, -0.2) is 5.11 Å². The molecule has 0 aliphatic carbocycles. The van der Waals surface area contributed by atoms with Gasteiger partial charge in [0.15, 0.2) is 0 Å². The fraction of sp³-hybridized carbons (Fsp3) is 0. The zero-order chi connectivity index (χ0) is 8.65. The Hall–Kier alpha value is -0.700. The molecular weight excluding hydrogens is 239 g/mol. The maximum absolute atomic E-state index is 8.63. The summed E-state index contributed by atoms with van der Waals surface area (Å²) in [6, 6.07) is 12.7. The summed E-state index contributed by atoms with van der Waals surface area (Å²) in [4.78, 5) is 0. The molecule has 1 nitrogen and oxygen atoms in total. The summed E-state index contributed by atoms with van der Waals surface area (Å²) < 4.78 is 0. The molecule has 0 amide bonds. The first kappa shape index (κ1) is 15.8. The third kappa shape index (κ3) is 7.92. The first-order valence-electron chi connectivity index (χ1n) is 3.61. The molecule has 0 saturated heterocycles. The summed E-state index contributed by atoms with van der Waals surface area (Å²) in [5, 5.41) is 12.7. The highest BCUT2D eigenvalue weighted by molar-refractivity contribution is 7.07. The number of phenolic OH excluding ortho intramolecular Hbond substituents is 1. The van der Waals surface area contributed by atoms with Crippen molar-refractivity contribution in [3.8, 4) is 5.75 Å². The molecule has 2 rings (SSSR count). The quantitative estimate of drug-likeness (QED) is 0.750. The van der Waals surface area contributed by atoms with Gasteiger partial charge in [0.1, 0.15) is 5.75 Å². The van der Waals surface area contributed by atoms with Crippen molar-refractivity contribution >= 4 is 36.2 Å². The van der Waals surface area contributed by atoms with Gasteiger partial charge in [0, 0.05) is 0 Å². The number of halogens is 2. The van der Waals surface area contributed by atoms with E-state index < -0.39 is 0 Å². The molecule has 2 aromatic rings. The van der Waals surface area contributed by atoms with Crippen LogP contribution in [0, 0.1) is 0 Å². The highest BCUT2D eigenvalue weighted by Gasteiger charge is 1.74. The Morgan fingerprint density at radius 2 is 1.29 bits per heavy atom. The van der Waals surface area contributed by atoms with Crippen molar-refractivity contribution in [3.05, 3.63) is 53.2 Å². The smallest absolute Gasteiger partial charge is 0.115 e. The van der Waals surface area contributed by atoms with Crippen LogP contribution in [0.5, 0.6) is 5.75 Å². The summed E-state index contributed by atoms with van der Waals surface area (Å²) in [6.07, 6.45) is 0. The molecule has 0 spiro atoms. The van der Waals surface area contributed by atoms with Crippen molar-refractivity contribution in [2.75, 3.05) is 0 Å². The number of thiophene rings is 1. The lowest BCUT2D eigenvalue weighted by Crippen LogP contribution is -1.56. The number of para-hydroxylation sites is 1. The number of hydrogen-bond acceptors (Lipinski definition) is 2. The third-order valence-corrected chi connectivity index (χ3v) is 1.81. The second kappa shape index (κ2) is 10.4. The molecule has 0 aliphatic rings. The monoisotopic (exact) mass is 250 g/mol. The SMILES string of the molecule is Cl.Cl.Oc1ccccc1.c1ccsc1. The molecule has 0 saturated carbocycles. The maximum atomic E-state index is 8.63. The van der Waals surface area contributed by atoms with Crippen LogP contribution in [0.3, 0.4) is 0 Å². The number of rotatable bonds is 0. The first-order chi connectivity index (χ1) is 5.89. The van der Waals surface area contributed by atoms with E-state index in [1.807, 2.05) is 29.0 Å². The summed E-state index contributed by atoms with van der Waals surface area (Å²) in [7, 11) is 0. The van der Waals surface area contributed by atoms with Crippen molar-refractivity contribution in [1.29, 1.82) is 0 Å². The van der Waals surface area contributed by atoms with E-state index in [1.54, 1.807) is 35.6 Å². The second-order valence-electron chi connectivity index (χ2n) is 2.13. The molecule has 14 heavy (non-hydrogen) atoms. The van der Waals surface area contributed by atoms with Gasteiger partial charge in [-0.3, -0.25) is 0 Å². The van der Waals surface area contributed by atoms with Gasteiger partial charge in [0.05, 0.1) is 0 Å². The van der Waals surface area contributed by atoms with Crippen LogP contribution < -0.4 is 0 Å². The maximum Gasteiger partial charge on any atom is 0.115 e. The Morgan fingerprint density at radius 1 is 0.786 bits per heavy atom. The largest absolute Gasteiger partial charge is 0.508 e. The van der Waals surface area contributed by atoms with E-state index in [2.05, 4.69) is 0 Å². The molecule has 1 aromatic carbocycles. The Balaban J connectivity index is 0. The molecule has 1 N–H and O–H groups in total. The van der Waals surface area contributed by atoms with Gasteiger partial charge < -0.3 is 5.11 Å². The van der Waals surface area contributed by atoms with Crippen LogP contribution in [0.15, 0.2) is 53.2 Å². The summed E-state index contributed by atoms with van der Waals surface area (Å²) in [6.45, 7) is 0. The second-order valence-corrected chi connectivity index (χ2v) is 2.95. The van der Waals surface area contributed by atoms with Crippen LogP contribution in [0.2, 0.25) is 0 Å². The van der Waals surface area contributed by atoms with Crippen LogP contribution in [0.25, 0.3) is 0 Å². The van der Waals surface area contributed by atoms with Crippen molar-refractivity contribution in [2.45, 2.75) is 0 Å². The minimum Gasteiger partial charge on any atom is -0.508 e. The number of benzene rings is 1. The lowest BCUT2D eigenvalue weighted by Gasteiger charge is -1.82. The third-order valence-electron chi connectivity index (χ3n) is 1.18. The molecule has 0 radical (unpaired) electrons. The van der Waals surface area contributed by atoms with E-state index in [-0.39, 0.29) is 24.8 Å². The van der Waals surface area contributed by atoms with E-state index in [1.165, 1.54) is 0 Å². The first-order valence-corrected chi connectivity index (χ1v) is 4.55. The Morgan fingerprint density at radius 3 is 1.50 bits per heavy atom. The van der Waals surface area contributed by atoms with E-state index in [9.17, 15) is 0 Å². The molecule has 1 aromatic heterocycles.